The van der Waals surface area contributed by atoms with Crippen LogP contribution < -0.4 is 5.32 Å². The molecule has 0 saturated carbocycles. The largest absolute Gasteiger partial charge is 0.315 e. The van der Waals surface area contributed by atoms with E-state index in [0.717, 1.165) is 19.5 Å². The van der Waals surface area contributed by atoms with Crippen LogP contribution in [0.4, 0.5) is 0 Å². The Morgan fingerprint density at radius 1 is 1.41 bits per heavy atom. The molecule has 17 heavy (non-hydrogen) atoms. The SMILES string of the molecule is CCn1cc(CC(C)(C)CCNC(C)C)cn1. The number of nitrogens with one attached hydrogen (secondary N) is 1. The van der Waals surface area contributed by atoms with Gasteiger partial charge in [0.25, 0.3) is 0 Å². The van der Waals surface area contributed by atoms with E-state index in [1.807, 2.05) is 10.9 Å². The fourth-order valence-electron chi connectivity index (χ4n) is 2.01. The fraction of sp³-hybridized carbons (Fsp3) is 0.786. The Morgan fingerprint density at radius 3 is 2.65 bits per heavy atom. The van der Waals surface area contributed by atoms with Gasteiger partial charge in [-0.25, -0.2) is 0 Å². The Kier molecular flexibility index (Phi) is 5.19. The van der Waals surface area contributed by atoms with E-state index in [9.17, 15) is 0 Å². The van der Waals surface area contributed by atoms with Crippen molar-refractivity contribution in [2.45, 2.75) is 60.0 Å². The van der Waals surface area contributed by atoms with Crippen LogP contribution in [0.2, 0.25) is 0 Å². The van der Waals surface area contributed by atoms with E-state index >= 15 is 0 Å². The molecular formula is C14H27N3. The zero-order valence-electron chi connectivity index (χ0n) is 12.0. The number of rotatable bonds is 7. The summed E-state index contributed by atoms with van der Waals surface area (Å²) in [5, 5.41) is 7.81. The molecule has 0 aromatic carbocycles. The Balaban J connectivity index is 2.42. The zero-order valence-corrected chi connectivity index (χ0v) is 12.0. The Labute approximate surface area is 106 Å². The van der Waals surface area contributed by atoms with Gasteiger partial charge < -0.3 is 5.32 Å². The van der Waals surface area contributed by atoms with Gasteiger partial charge in [0.2, 0.25) is 0 Å². The second kappa shape index (κ2) is 6.20. The minimum atomic E-state index is 0.337. The third-order valence-corrected chi connectivity index (χ3v) is 3.05. The summed E-state index contributed by atoms with van der Waals surface area (Å²) in [4.78, 5) is 0. The Hall–Kier alpha value is -0.830. The van der Waals surface area contributed by atoms with Gasteiger partial charge in [-0.2, -0.15) is 5.10 Å². The molecule has 0 aliphatic carbocycles. The van der Waals surface area contributed by atoms with Gasteiger partial charge in [0.15, 0.2) is 0 Å². The van der Waals surface area contributed by atoms with Gasteiger partial charge >= 0.3 is 0 Å². The number of hydrogen-bond acceptors (Lipinski definition) is 2. The minimum absolute atomic E-state index is 0.337. The Morgan fingerprint density at radius 2 is 2.12 bits per heavy atom. The highest BCUT2D eigenvalue weighted by atomic mass is 15.3. The maximum Gasteiger partial charge on any atom is 0.0521 e. The van der Waals surface area contributed by atoms with Crippen molar-refractivity contribution < 1.29 is 0 Å². The molecule has 0 spiro atoms. The predicted molar refractivity (Wildman–Crippen MR) is 73.1 cm³/mol. The quantitative estimate of drug-likeness (QED) is 0.790. The first-order valence-corrected chi connectivity index (χ1v) is 6.67. The third-order valence-electron chi connectivity index (χ3n) is 3.05. The predicted octanol–water partition coefficient (Wildman–Crippen LogP) is 2.86. The molecule has 1 N–H and O–H groups in total. The highest BCUT2D eigenvalue weighted by molar-refractivity contribution is 5.06. The van der Waals surface area contributed by atoms with Gasteiger partial charge in [0.05, 0.1) is 6.20 Å². The molecule has 1 aromatic rings. The van der Waals surface area contributed by atoms with Gasteiger partial charge in [0, 0.05) is 18.8 Å². The normalized spacial score (nSPS) is 12.4. The maximum absolute atomic E-state index is 4.33. The van der Waals surface area contributed by atoms with E-state index in [1.165, 1.54) is 12.0 Å². The van der Waals surface area contributed by atoms with Crippen molar-refractivity contribution in [3.63, 3.8) is 0 Å². The maximum atomic E-state index is 4.33. The van der Waals surface area contributed by atoms with Crippen LogP contribution in [0.25, 0.3) is 0 Å². The lowest BCUT2D eigenvalue weighted by Gasteiger charge is -2.24. The molecular weight excluding hydrogens is 210 g/mol. The van der Waals surface area contributed by atoms with Gasteiger partial charge in [-0.1, -0.05) is 27.7 Å². The summed E-state index contributed by atoms with van der Waals surface area (Å²) in [6.07, 6.45) is 6.47. The van der Waals surface area contributed by atoms with E-state index in [1.54, 1.807) is 0 Å². The molecule has 98 valence electrons. The molecule has 0 radical (unpaired) electrons. The van der Waals surface area contributed by atoms with Gasteiger partial charge in [-0.05, 0) is 37.3 Å². The number of aryl methyl sites for hydroxylation is 1. The van der Waals surface area contributed by atoms with Crippen LogP contribution in [-0.4, -0.2) is 22.4 Å². The van der Waals surface area contributed by atoms with Crippen LogP contribution in [0.3, 0.4) is 0 Å². The van der Waals surface area contributed by atoms with Crippen LogP contribution in [-0.2, 0) is 13.0 Å². The average Bonchev–Trinajstić information content (AvgIpc) is 2.63. The second-order valence-corrected chi connectivity index (χ2v) is 5.90. The monoisotopic (exact) mass is 237 g/mol. The summed E-state index contributed by atoms with van der Waals surface area (Å²) in [6, 6.07) is 0.577. The fourth-order valence-corrected chi connectivity index (χ4v) is 2.01. The Bertz CT molecular complexity index is 326. The number of nitrogens with zero attached hydrogens (tertiary/aromatic N) is 2. The molecule has 0 fully saturated rings. The van der Waals surface area contributed by atoms with E-state index in [-0.39, 0.29) is 0 Å². The average molecular weight is 237 g/mol. The first-order valence-electron chi connectivity index (χ1n) is 6.67. The first-order chi connectivity index (χ1) is 7.93. The van der Waals surface area contributed by atoms with Crippen LogP contribution in [0.1, 0.15) is 46.6 Å². The topological polar surface area (TPSA) is 29.9 Å². The molecule has 1 aromatic heterocycles. The van der Waals surface area contributed by atoms with Crippen molar-refractivity contribution in [2.24, 2.45) is 5.41 Å². The molecule has 0 unspecified atom stereocenters. The van der Waals surface area contributed by atoms with Crippen LogP contribution in [0.5, 0.6) is 0 Å². The lowest BCUT2D eigenvalue weighted by atomic mass is 9.83. The summed E-state index contributed by atoms with van der Waals surface area (Å²) in [5.74, 6) is 0. The van der Waals surface area contributed by atoms with Crippen molar-refractivity contribution in [2.75, 3.05) is 6.54 Å². The lowest BCUT2D eigenvalue weighted by Crippen LogP contribution is -2.28. The van der Waals surface area contributed by atoms with Gasteiger partial charge in [0.1, 0.15) is 0 Å². The van der Waals surface area contributed by atoms with Crippen molar-refractivity contribution in [1.82, 2.24) is 15.1 Å². The van der Waals surface area contributed by atoms with Crippen LogP contribution >= 0.6 is 0 Å². The van der Waals surface area contributed by atoms with Crippen molar-refractivity contribution in [1.29, 1.82) is 0 Å². The molecule has 3 nitrogen and oxygen atoms in total. The first kappa shape index (κ1) is 14.2. The molecule has 0 amide bonds. The standard InChI is InChI=1S/C14H27N3/c1-6-17-11-13(10-16-17)9-14(4,5)7-8-15-12(2)3/h10-12,15H,6-9H2,1-5H3. The van der Waals surface area contributed by atoms with E-state index in [4.69, 9.17) is 0 Å². The second-order valence-electron chi connectivity index (χ2n) is 5.90. The van der Waals surface area contributed by atoms with Crippen LogP contribution in [0.15, 0.2) is 12.4 Å². The summed E-state index contributed by atoms with van der Waals surface area (Å²) < 4.78 is 2.00. The highest BCUT2D eigenvalue weighted by Gasteiger charge is 2.19. The molecule has 0 bridgehead atoms. The molecule has 3 heteroatoms. The third kappa shape index (κ3) is 5.35. The van der Waals surface area contributed by atoms with Gasteiger partial charge in [-0.3, -0.25) is 4.68 Å². The molecule has 0 aliphatic heterocycles. The molecule has 1 heterocycles. The van der Waals surface area contributed by atoms with E-state index in [2.05, 4.69) is 51.2 Å². The van der Waals surface area contributed by atoms with Crippen molar-refractivity contribution in [3.8, 4) is 0 Å². The van der Waals surface area contributed by atoms with Crippen molar-refractivity contribution >= 4 is 0 Å². The summed E-state index contributed by atoms with van der Waals surface area (Å²) in [6.45, 7) is 13.2. The van der Waals surface area contributed by atoms with Gasteiger partial charge in [-0.15, -0.1) is 0 Å². The lowest BCUT2D eigenvalue weighted by molar-refractivity contribution is 0.320. The number of aromatic nitrogens is 2. The van der Waals surface area contributed by atoms with Crippen LogP contribution in [0, 0.1) is 5.41 Å². The van der Waals surface area contributed by atoms with E-state index < -0.39 is 0 Å². The summed E-state index contributed by atoms with van der Waals surface area (Å²) in [7, 11) is 0. The zero-order chi connectivity index (χ0) is 12.9. The molecule has 1 rings (SSSR count). The highest BCUT2D eigenvalue weighted by Crippen LogP contribution is 2.25. The smallest absolute Gasteiger partial charge is 0.0521 e. The van der Waals surface area contributed by atoms with Crippen molar-refractivity contribution in [3.05, 3.63) is 18.0 Å². The van der Waals surface area contributed by atoms with E-state index in [0.29, 0.717) is 11.5 Å². The minimum Gasteiger partial charge on any atom is -0.315 e. The molecule has 0 saturated heterocycles. The summed E-state index contributed by atoms with van der Waals surface area (Å²) >= 11 is 0. The summed E-state index contributed by atoms with van der Waals surface area (Å²) in [5.41, 5.74) is 1.69. The number of hydrogen-bond donors (Lipinski definition) is 1. The molecule has 0 atom stereocenters. The molecule has 0 aliphatic rings.